The first-order valence-corrected chi connectivity index (χ1v) is 18.3. The number of carbonyl (C=O) groups excluding carboxylic acids is 2. The molecule has 4 unspecified atom stereocenters. The molecule has 288 valence electrons. The standard InChI is InChI=1S/C18H29N3O2.C10H13N5O4S2.2C2H6.CH2O2/c1-4-15(20-3)9-10-21-18(19)14-6-8-17-13(11-14)5-7-16(23-17)12(2)22;1-10(2)6(8(17)15(10)19-21-18)14-7(16)5(11)4-3-20-9(12)13-4;2*1-2;2-1-3/h6,8,11-12,15-16,20,22H,4-5,7,9-10H2,1-3H3,(H2,19,21);3,6,11,18H,1-2H3,(H2,12,13)(H,14,16);2*1-2H3;1H,(H,2,3). The maximum atomic E-state index is 12.0. The van der Waals surface area contributed by atoms with Crippen molar-refractivity contribution in [2.24, 2.45) is 10.7 Å². The Labute approximate surface area is 309 Å². The van der Waals surface area contributed by atoms with E-state index in [1.165, 1.54) is 5.38 Å². The number of carboxylic acid groups (broad SMARTS) is 1. The molecule has 51 heavy (non-hydrogen) atoms. The molecule has 0 bridgehead atoms. The molecular formula is C33H56N8O8S2. The number of carbonyl (C=O) groups is 3. The van der Waals surface area contributed by atoms with Gasteiger partial charge in [0.2, 0.25) is 0 Å². The van der Waals surface area contributed by atoms with Crippen LogP contribution in [-0.2, 0) is 25.1 Å². The molecule has 1 aromatic carbocycles. The number of benzene rings is 1. The Bertz CT molecular complexity index is 1400. The van der Waals surface area contributed by atoms with Gasteiger partial charge < -0.3 is 41.6 Å². The van der Waals surface area contributed by atoms with E-state index in [-0.39, 0.29) is 41.4 Å². The van der Waals surface area contributed by atoms with Gasteiger partial charge in [-0.05, 0) is 77.3 Å². The quantitative estimate of drug-likeness (QED) is 0.0504. The number of thiazole rings is 1. The number of rotatable bonds is 12. The fraction of sp³-hybridized carbons (Fsp3) is 0.576. The lowest BCUT2D eigenvalue weighted by atomic mass is 9.84. The van der Waals surface area contributed by atoms with E-state index in [4.69, 9.17) is 36.1 Å². The number of aliphatic imine (C=N–C) groups is 1. The molecule has 4 atom stereocenters. The van der Waals surface area contributed by atoms with Gasteiger partial charge in [-0.1, -0.05) is 34.6 Å². The van der Waals surface area contributed by atoms with Crippen LogP contribution in [0.15, 0.2) is 28.6 Å². The van der Waals surface area contributed by atoms with E-state index in [1.54, 1.807) is 20.8 Å². The van der Waals surface area contributed by atoms with Gasteiger partial charge in [0.05, 0.1) is 11.6 Å². The van der Waals surface area contributed by atoms with Gasteiger partial charge in [-0.25, -0.2) is 4.98 Å². The van der Waals surface area contributed by atoms with Crippen LogP contribution in [0.3, 0.4) is 0 Å². The number of hydrogen-bond acceptors (Lipinski definition) is 14. The summed E-state index contributed by atoms with van der Waals surface area (Å²) in [5, 5.41) is 32.7. The molecule has 0 radical (unpaired) electrons. The number of amidine groups is 1. The number of β-lactam (4-membered cyclic amide) rings is 1. The summed E-state index contributed by atoms with van der Waals surface area (Å²) < 4.78 is 19.1. The zero-order valence-electron chi connectivity index (χ0n) is 30.9. The van der Waals surface area contributed by atoms with E-state index in [1.807, 2.05) is 46.9 Å². The topological polar surface area (TPSA) is 259 Å². The van der Waals surface area contributed by atoms with Gasteiger partial charge in [0.25, 0.3) is 18.3 Å². The van der Waals surface area contributed by atoms with Gasteiger partial charge >= 0.3 is 0 Å². The SMILES string of the molecule is CC.CC.CC1(C)C(NC(=O)C(=N)c2csc(N)n2)C(=O)N1OSO.CCC(CCN=C(N)c1ccc2c(c1)CCC(C(C)O)O2)NC.O=CO. The summed E-state index contributed by atoms with van der Waals surface area (Å²) in [5.74, 6) is 0.180. The molecule has 1 fully saturated rings. The predicted molar refractivity (Wildman–Crippen MR) is 203 cm³/mol. The molecule has 1 saturated heterocycles. The van der Waals surface area contributed by atoms with Crippen LogP contribution >= 0.6 is 23.7 Å². The Kier molecular flexibility index (Phi) is 22.6. The lowest BCUT2D eigenvalue weighted by molar-refractivity contribution is -0.214. The number of aryl methyl sites for hydroxylation is 1. The van der Waals surface area contributed by atoms with Crippen LogP contribution in [0.5, 0.6) is 5.75 Å². The van der Waals surface area contributed by atoms with Crippen molar-refractivity contribution in [2.45, 2.75) is 111 Å². The van der Waals surface area contributed by atoms with E-state index < -0.39 is 29.5 Å². The molecular weight excluding hydrogens is 701 g/mol. The second-order valence-corrected chi connectivity index (χ2v) is 12.3. The summed E-state index contributed by atoms with van der Waals surface area (Å²) in [6.07, 6.45) is 3.22. The van der Waals surface area contributed by atoms with Crippen molar-refractivity contribution in [2.75, 3.05) is 19.3 Å². The third-order valence-corrected chi connectivity index (χ3v) is 8.49. The number of aliphatic hydroxyl groups is 1. The number of anilines is 1. The number of amides is 2. The summed E-state index contributed by atoms with van der Waals surface area (Å²) in [5.41, 5.74) is 12.6. The summed E-state index contributed by atoms with van der Waals surface area (Å²) in [6.45, 7) is 15.7. The van der Waals surface area contributed by atoms with Crippen molar-refractivity contribution in [1.29, 1.82) is 5.41 Å². The monoisotopic (exact) mass is 756 g/mol. The third kappa shape index (κ3) is 14.0. The van der Waals surface area contributed by atoms with Crippen LogP contribution in [0.2, 0.25) is 0 Å². The van der Waals surface area contributed by atoms with Crippen molar-refractivity contribution in [3.63, 3.8) is 0 Å². The Morgan fingerprint density at radius 2 is 1.96 bits per heavy atom. The number of fused-ring (bicyclic) bond motifs is 1. The number of nitrogens with two attached hydrogens (primary N) is 2. The number of aromatic nitrogens is 1. The maximum Gasteiger partial charge on any atom is 0.290 e. The number of hydrogen-bond donors (Lipinski definition) is 8. The van der Waals surface area contributed by atoms with Crippen LogP contribution < -0.4 is 26.8 Å². The van der Waals surface area contributed by atoms with E-state index in [0.717, 1.165) is 65.5 Å². The van der Waals surface area contributed by atoms with E-state index in [2.05, 4.69) is 37.9 Å². The van der Waals surface area contributed by atoms with Crippen molar-refractivity contribution >= 4 is 58.6 Å². The lowest BCUT2D eigenvalue weighted by Crippen LogP contribution is -2.76. The van der Waals surface area contributed by atoms with Crippen LogP contribution in [0, 0.1) is 5.41 Å². The molecule has 0 spiro atoms. The minimum atomic E-state index is -0.853. The van der Waals surface area contributed by atoms with Gasteiger partial charge in [0, 0.05) is 23.5 Å². The fourth-order valence-electron chi connectivity index (χ4n) is 4.77. The number of aliphatic hydroxyl groups excluding tert-OH is 1. The lowest BCUT2D eigenvalue weighted by Gasteiger charge is -2.50. The normalized spacial score (nSPS) is 18.0. The Morgan fingerprint density at radius 3 is 2.45 bits per heavy atom. The number of hydroxylamine groups is 2. The summed E-state index contributed by atoms with van der Waals surface area (Å²) >= 11 is 1.16. The molecule has 2 amide bonds. The molecule has 1 aromatic heterocycles. The summed E-state index contributed by atoms with van der Waals surface area (Å²) in [4.78, 5) is 40.5. The molecule has 10 N–H and O–H groups in total. The third-order valence-electron chi connectivity index (χ3n) is 7.60. The highest BCUT2D eigenvalue weighted by molar-refractivity contribution is 7.88. The largest absolute Gasteiger partial charge is 0.487 e. The number of ether oxygens (including phenoxy) is 1. The van der Waals surface area contributed by atoms with Gasteiger partial charge in [-0.3, -0.25) is 24.8 Å². The molecule has 4 rings (SSSR count). The molecule has 0 aliphatic carbocycles. The maximum absolute atomic E-state index is 12.0. The molecule has 0 saturated carbocycles. The zero-order chi connectivity index (χ0) is 39.3. The number of nitrogens with zero attached hydrogens (tertiary/aromatic N) is 3. The highest BCUT2D eigenvalue weighted by Gasteiger charge is 2.57. The number of nitrogens with one attached hydrogen (secondary N) is 3. The van der Waals surface area contributed by atoms with Crippen LogP contribution in [0.1, 0.15) is 91.5 Å². The fourth-order valence-corrected chi connectivity index (χ4v) is 5.66. The van der Waals surface area contributed by atoms with Gasteiger partial charge in [0.15, 0.2) is 17.5 Å². The van der Waals surface area contributed by atoms with Crippen LogP contribution in [0.25, 0.3) is 0 Å². The average Bonchev–Trinajstić information content (AvgIpc) is 3.58. The average molecular weight is 757 g/mol. The minimum Gasteiger partial charge on any atom is -0.487 e. The van der Waals surface area contributed by atoms with E-state index >= 15 is 0 Å². The highest BCUT2D eigenvalue weighted by Crippen LogP contribution is 2.34. The number of nitrogen functional groups attached to an aromatic ring is 1. The van der Waals surface area contributed by atoms with Crippen molar-refractivity contribution in [3.05, 3.63) is 40.4 Å². The highest BCUT2D eigenvalue weighted by atomic mass is 32.2. The predicted octanol–water partition coefficient (Wildman–Crippen LogP) is 3.86. The Morgan fingerprint density at radius 1 is 1.33 bits per heavy atom. The second-order valence-electron chi connectivity index (χ2n) is 11.1. The van der Waals surface area contributed by atoms with Crippen LogP contribution in [0.4, 0.5) is 5.13 Å². The van der Waals surface area contributed by atoms with E-state index in [9.17, 15) is 14.7 Å². The molecule has 2 aliphatic rings. The van der Waals surface area contributed by atoms with E-state index in [0.29, 0.717) is 11.9 Å². The molecule has 18 heteroatoms. The van der Waals surface area contributed by atoms with Crippen molar-refractivity contribution in [3.8, 4) is 5.75 Å². The first kappa shape index (κ1) is 47.2. The Balaban J connectivity index is 0.000000836. The van der Waals surface area contributed by atoms with Gasteiger partial charge in [-0.15, -0.1) is 11.3 Å². The molecule has 3 heterocycles. The zero-order valence-corrected chi connectivity index (χ0v) is 32.6. The summed E-state index contributed by atoms with van der Waals surface area (Å²) in [7, 11) is 1.98. The molecule has 16 nitrogen and oxygen atoms in total. The van der Waals surface area contributed by atoms with Crippen LogP contribution in [-0.4, -0.2) is 98.1 Å². The molecule has 2 aromatic rings. The first-order chi connectivity index (χ1) is 24.2. The summed E-state index contributed by atoms with van der Waals surface area (Å²) in [6, 6.07) is 5.57. The van der Waals surface area contributed by atoms with Crippen molar-refractivity contribution in [1.82, 2.24) is 20.7 Å². The first-order valence-electron chi connectivity index (χ1n) is 16.7. The van der Waals surface area contributed by atoms with Gasteiger partial charge in [-0.2, -0.15) is 9.35 Å². The second kappa shape index (κ2) is 24.4. The van der Waals surface area contributed by atoms with Gasteiger partial charge in [0.1, 0.15) is 35.1 Å². The minimum absolute atomic E-state index is 0.0461. The Hall–Kier alpha value is -3.81. The molecule has 2 aliphatic heterocycles. The smallest absolute Gasteiger partial charge is 0.290 e. The van der Waals surface area contributed by atoms with Crippen molar-refractivity contribution < 1.29 is 38.2 Å².